The van der Waals surface area contributed by atoms with E-state index in [2.05, 4.69) is 0 Å². The molecule has 0 bridgehead atoms. The summed E-state index contributed by atoms with van der Waals surface area (Å²) in [5.74, 6) is -3.84. The molecule has 0 aromatic heterocycles. The van der Waals surface area contributed by atoms with E-state index in [1.165, 1.54) is 133 Å². The molecular formula is C44H26N4O14. The molecule has 0 fully saturated rings. The molecule has 0 heterocycles. The van der Waals surface area contributed by atoms with Gasteiger partial charge in [-0.25, -0.2) is 19.4 Å². The molecule has 6 aromatic rings. The molecule has 0 spiro atoms. The quantitative estimate of drug-likeness (QED) is 0.0326. The molecule has 0 aliphatic heterocycles. The van der Waals surface area contributed by atoms with E-state index in [0.29, 0.717) is 11.1 Å². The van der Waals surface area contributed by atoms with Crippen LogP contribution in [0.3, 0.4) is 0 Å². The van der Waals surface area contributed by atoms with Crippen molar-refractivity contribution in [3.05, 3.63) is 230 Å². The first kappa shape index (κ1) is 42.3. The second kappa shape index (κ2) is 18.5. The SMILES string of the molecule is O=C(OOC(=O)c1cccc(C(=O)c2ccc([N+](=O)[O-])cc2)c1C=Cc1ccc([N+](=O)[O-])cc1)c1cccc(C(=O)c2ccc([N+](=O)[O-])cc2)c1C=Cc1ccc([N+](=O)[O-])cc1. The zero-order valence-corrected chi connectivity index (χ0v) is 31.5. The smallest absolute Gasteiger partial charge is 0.289 e. The average Bonchev–Trinajstić information content (AvgIpc) is 3.28. The number of nitrogens with zero attached hydrogens (tertiary/aromatic N) is 4. The number of carbonyl (C=O) groups is 4. The number of benzene rings is 6. The summed E-state index contributed by atoms with van der Waals surface area (Å²) in [6.45, 7) is 0. The number of rotatable bonds is 14. The summed E-state index contributed by atoms with van der Waals surface area (Å²) in [4.78, 5) is 107. The monoisotopic (exact) mass is 834 g/mol. The second-order valence-electron chi connectivity index (χ2n) is 12.9. The van der Waals surface area contributed by atoms with E-state index < -0.39 is 43.2 Å². The lowest BCUT2D eigenvalue weighted by molar-refractivity contribution is -0.385. The van der Waals surface area contributed by atoms with Gasteiger partial charge in [0.2, 0.25) is 0 Å². The molecule has 0 atom stereocenters. The Morgan fingerprint density at radius 3 is 0.935 bits per heavy atom. The lowest BCUT2D eigenvalue weighted by Gasteiger charge is -2.12. The molecule has 0 saturated heterocycles. The zero-order chi connectivity index (χ0) is 44.5. The highest BCUT2D eigenvalue weighted by molar-refractivity contribution is 6.14. The van der Waals surface area contributed by atoms with E-state index in [1.807, 2.05) is 0 Å². The maximum atomic E-state index is 13.8. The van der Waals surface area contributed by atoms with Crippen molar-refractivity contribution in [3.8, 4) is 0 Å². The van der Waals surface area contributed by atoms with Crippen LogP contribution in [0.2, 0.25) is 0 Å². The molecule has 0 aliphatic rings. The van der Waals surface area contributed by atoms with E-state index in [-0.39, 0.29) is 67.3 Å². The van der Waals surface area contributed by atoms with E-state index in [1.54, 1.807) is 0 Å². The summed E-state index contributed by atoms with van der Waals surface area (Å²) in [6, 6.07) is 28.0. The summed E-state index contributed by atoms with van der Waals surface area (Å²) in [7, 11) is 0. The van der Waals surface area contributed by atoms with Gasteiger partial charge in [0.15, 0.2) is 11.6 Å². The molecule has 18 heteroatoms. The first-order valence-corrected chi connectivity index (χ1v) is 17.8. The summed E-state index contributed by atoms with van der Waals surface area (Å²) in [5, 5.41) is 44.8. The Balaban J connectivity index is 1.34. The summed E-state index contributed by atoms with van der Waals surface area (Å²) >= 11 is 0. The van der Waals surface area contributed by atoms with Crippen LogP contribution in [0.1, 0.15) is 74.8 Å². The van der Waals surface area contributed by atoms with Crippen molar-refractivity contribution in [1.29, 1.82) is 0 Å². The number of non-ortho nitro benzene ring substituents is 4. The van der Waals surface area contributed by atoms with Crippen LogP contribution in [0.15, 0.2) is 133 Å². The van der Waals surface area contributed by atoms with Crippen LogP contribution < -0.4 is 0 Å². The molecule has 0 aliphatic carbocycles. The van der Waals surface area contributed by atoms with Gasteiger partial charge < -0.3 is 0 Å². The lowest BCUT2D eigenvalue weighted by Crippen LogP contribution is -2.16. The minimum Gasteiger partial charge on any atom is -0.289 e. The fraction of sp³-hybridized carbons (Fsp3) is 0. The lowest BCUT2D eigenvalue weighted by atomic mass is 9.93. The van der Waals surface area contributed by atoms with Crippen LogP contribution in [-0.2, 0) is 9.78 Å². The van der Waals surface area contributed by atoms with Gasteiger partial charge in [-0.2, -0.15) is 0 Å². The van der Waals surface area contributed by atoms with Crippen LogP contribution in [0.25, 0.3) is 24.3 Å². The van der Waals surface area contributed by atoms with E-state index in [0.717, 1.165) is 24.3 Å². The minimum atomic E-state index is -1.26. The van der Waals surface area contributed by atoms with Gasteiger partial charge in [-0.15, -0.1) is 0 Å². The molecule has 0 unspecified atom stereocenters. The third-order valence-corrected chi connectivity index (χ3v) is 9.11. The Labute approximate surface area is 348 Å². The van der Waals surface area contributed by atoms with Crippen molar-refractivity contribution in [2.45, 2.75) is 0 Å². The zero-order valence-electron chi connectivity index (χ0n) is 31.5. The molecule has 0 amide bonds. The van der Waals surface area contributed by atoms with E-state index in [9.17, 15) is 59.6 Å². The molecule has 306 valence electrons. The summed E-state index contributed by atoms with van der Waals surface area (Å²) in [6.07, 6.45) is 5.61. The predicted molar refractivity (Wildman–Crippen MR) is 221 cm³/mol. The predicted octanol–water partition coefficient (Wildman–Crippen LogP) is 9.05. The first-order chi connectivity index (χ1) is 29.7. The number of hydrogen-bond donors (Lipinski definition) is 0. The van der Waals surface area contributed by atoms with Crippen molar-refractivity contribution in [2.24, 2.45) is 0 Å². The van der Waals surface area contributed by atoms with Gasteiger partial charge in [-0.1, -0.05) is 48.6 Å². The summed E-state index contributed by atoms with van der Waals surface area (Å²) < 4.78 is 0. The van der Waals surface area contributed by atoms with Gasteiger partial charge >= 0.3 is 11.9 Å². The van der Waals surface area contributed by atoms with Gasteiger partial charge in [0.25, 0.3) is 22.7 Å². The number of nitro groups is 4. The van der Waals surface area contributed by atoms with Gasteiger partial charge in [0.1, 0.15) is 0 Å². The molecule has 6 rings (SSSR count). The fourth-order valence-electron chi connectivity index (χ4n) is 5.96. The second-order valence-corrected chi connectivity index (χ2v) is 12.9. The van der Waals surface area contributed by atoms with Gasteiger partial charge in [0.05, 0.1) is 30.8 Å². The number of nitro benzene ring substituents is 4. The van der Waals surface area contributed by atoms with Gasteiger partial charge in [-0.3, -0.25) is 50.0 Å². The van der Waals surface area contributed by atoms with Gasteiger partial charge in [0, 0.05) is 81.9 Å². The third kappa shape index (κ3) is 9.68. The molecular weight excluding hydrogens is 808 g/mol. The van der Waals surface area contributed by atoms with Crippen molar-refractivity contribution < 1.29 is 48.6 Å². The molecule has 0 saturated carbocycles. The van der Waals surface area contributed by atoms with Crippen molar-refractivity contribution in [2.75, 3.05) is 0 Å². The van der Waals surface area contributed by atoms with Crippen LogP contribution >= 0.6 is 0 Å². The minimum absolute atomic E-state index is 0.0231. The fourth-order valence-corrected chi connectivity index (χ4v) is 5.96. The molecule has 6 aromatic carbocycles. The average molecular weight is 835 g/mol. The van der Waals surface area contributed by atoms with Crippen molar-refractivity contribution in [3.63, 3.8) is 0 Å². The highest BCUT2D eigenvalue weighted by atomic mass is 17.2. The maximum Gasteiger partial charge on any atom is 0.386 e. The topological polar surface area (TPSA) is 259 Å². The largest absolute Gasteiger partial charge is 0.386 e. The molecule has 0 N–H and O–H groups in total. The maximum absolute atomic E-state index is 13.8. The Morgan fingerprint density at radius 2 is 0.645 bits per heavy atom. The Morgan fingerprint density at radius 1 is 0.371 bits per heavy atom. The van der Waals surface area contributed by atoms with Crippen molar-refractivity contribution in [1.82, 2.24) is 0 Å². The molecule has 62 heavy (non-hydrogen) atoms. The highest BCUT2D eigenvalue weighted by Crippen LogP contribution is 2.27. The number of carbonyl (C=O) groups excluding carboxylic acids is 4. The Hall–Kier alpha value is -9.32. The Bertz CT molecular complexity index is 2660. The van der Waals surface area contributed by atoms with Crippen LogP contribution in [-0.4, -0.2) is 43.2 Å². The summed E-state index contributed by atoms with van der Waals surface area (Å²) in [5.41, 5.74) is -0.832. The molecule has 18 nitrogen and oxygen atoms in total. The standard InChI is InChI=1S/C44H26N4O14/c49-41(29-13-21-33(22-14-29)47(57)58)37-3-1-5-39(35(37)25-11-27-7-17-31(18-8-27)45(53)54)43(51)61-62-44(52)40-6-2-4-38(42(50)30-15-23-34(24-16-30)48(59)60)36(40)26-12-28-9-19-32(20-10-28)46(55)56/h1-26H. The van der Waals surface area contributed by atoms with E-state index in [4.69, 9.17) is 9.78 Å². The van der Waals surface area contributed by atoms with E-state index >= 15 is 0 Å². The van der Waals surface area contributed by atoms with Crippen LogP contribution in [0.4, 0.5) is 22.7 Å². The van der Waals surface area contributed by atoms with Crippen molar-refractivity contribution >= 4 is 70.6 Å². The third-order valence-electron chi connectivity index (χ3n) is 9.11. The normalized spacial score (nSPS) is 10.9. The van der Waals surface area contributed by atoms with Gasteiger partial charge in [-0.05, 0) is 71.8 Å². The Kier molecular flexibility index (Phi) is 12.6. The van der Waals surface area contributed by atoms with Crippen LogP contribution in [0.5, 0.6) is 0 Å². The molecule has 0 radical (unpaired) electrons. The number of ketones is 2. The highest BCUT2D eigenvalue weighted by Gasteiger charge is 2.25. The number of hydrogen-bond acceptors (Lipinski definition) is 14. The van der Waals surface area contributed by atoms with Crippen LogP contribution in [0, 0.1) is 40.5 Å². The first-order valence-electron chi connectivity index (χ1n) is 17.8.